The number of fused-ring (bicyclic) bond motifs is 2. The lowest BCUT2D eigenvalue weighted by Crippen LogP contribution is -2.48. The number of halogens is 4. The first-order valence-corrected chi connectivity index (χ1v) is 7.61. The molecule has 0 saturated carbocycles. The molecule has 2 saturated heterocycles. The first-order valence-electron chi connectivity index (χ1n) is 7.61. The summed E-state index contributed by atoms with van der Waals surface area (Å²) in [6.07, 6.45) is 0.918. The first kappa shape index (κ1) is 18.8. The van der Waals surface area contributed by atoms with E-state index in [0.717, 1.165) is 25.7 Å². The molecule has 1 amide bonds. The Balaban J connectivity index is 0.00000208. The van der Waals surface area contributed by atoms with Crippen molar-refractivity contribution in [3.05, 3.63) is 23.9 Å². The van der Waals surface area contributed by atoms with Crippen LogP contribution in [-0.2, 0) is 0 Å². The van der Waals surface area contributed by atoms with Gasteiger partial charge in [-0.15, -0.1) is 12.4 Å². The van der Waals surface area contributed by atoms with Crippen LogP contribution >= 0.6 is 12.4 Å². The third-order valence-electron chi connectivity index (χ3n) is 4.19. The Morgan fingerprint density at radius 1 is 1.29 bits per heavy atom. The molecule has 2 bridgehead atoms. The summed E-state index contributed by atoms with van der Waals surface area (Å²) in [5.41, 5.74) is 0.315. The summed E-state index contributed by atoms with van der Waals surface area (Å²) in [6.45, 7) is -1.40. The zero-order chi connectivity index (χ0) is 16.4. The molecule has 2 unspecified atom stereocenters. The highest BCUT2D eigenvalue weighted by Crippen LogP contribution is 2.27. The van der Waals surface area contributed by atoms with Gasteiger partial charge in [0.1, 0.15) is 0 Å². The van der Waals surface area contributed by atoms with Gasteiger partial charge in [0.2, 0.25) is 5.88 Å². The van der Waals surface area contributed by atoms with Crippen LogP contribution in [0.3, 0.4) is 0 Å². The molecule has 2 atom stereocenters. The molecule has 0 radical (unpaired) electrons. The van der Waals surface area contributed by atoms with E-state index in [4.69, 9.17) is 0 Å². The molecule has 2 fully saturated rings. The number of hydrogen-bond donors (Lipinski definition) is 2. The number of aromatic nitrogens is 1. The van der Waals surface area contributed by atoms with Crippen molar-refractivity contribution in [3.8, 4) is 5.88 Å². The van der Waals surface area contributed by atoms with Crippen molar-refractivity contribution in [2.45, 2.75) is 50.0 Å². The first-order chi connectivity index (χ1) is 10.9. The number of alkyl halides is 3. The van der Waals surface area contributed by atoms with E-state index in [0.29, 0.717) is 17.6 Å². The van der Waals surface area contributed by atoms with Crippen LogP contribution in [0.25, 0.3) is 0 Å². The number of nitrogens with one attached hydrogen (secondary N) is 2. The van der Waals surface area contributed by atoms with Gasteiger partial charge >= 0.3 is 6.18 Å². The van der Waals surface area contributed by atoms with Crippen molar-refractivity contribution >= 4 is 18.3 Å². The Morgan fingerprint density at radius 3 is 2.50 bits per heavy atom. The largest absolute Gasteiger partial charge is 0.468 e. The van der Waals surface area contributed by atoms with E-state index in [1.165, 1.54) is 18.3 Å². The normalized spacial score (nSPS) is 25.7. The number of nitrogens with zero attached hydrogens (tertiary/aromatic N) is 1. The Labute approximate surface area is 143 Å². The summed E-state index contributed by atoms with van der Waals surface area (Å²) in [7, 11) is 0. The Hall–Kier alpha value is -1.54. The summed E-state index contributed by atoms with van der Waals surface area (Å²) in [6, 6.07) is 3.75. The van der Waals surface area contributed by atoms with E-state index in [1.54, 1.807) is 0 Å². The molecular weight excluding hydrogens is 347 g/mol. The lowest BCUT2D eigenvalue weighted by molar-refractivity contribution is -0.154. The number of piperidine rings is 1. The van der Waals surface area contributed by atoms with Gasteiger partial charge in [-0.05, 0) is 31.7 Å². The number of hydrogen-bond acceptors (Lipinski definition) is 4. The average molecular weight is 366 g/mol. The van der Waals surface area contributed by atoms with Crippen LogP contribution in [0.15, 0.2) is 18.3 Å². The monoisotopic (exact) mass is 365 g/mol. The van der Waals surface area contributed by atoms with Crippen molar-refractivity contribution < 1.29 is 22.7 Å². The van der Waals surface area contributed by atoms with Crippen molar-refractivity contribution in [2.24, 2.45) is 0 Å². The lowest BCUT2D eigenvalue weighted by Gasteiger charge is -2.29. The Morgan fingerprint density at radius 2 is 1.96 bits per heavy atom. The highest BCUT2D eigenvalue weighted by molar-refractivity contribution is 5.94. The van der Waals surface area contributed by atoms with E-state index in [1.807, 2.05) is 0 Å². The zero-order valence-electron chi connectivity index (χ0n) is 12.8. The molecule has 1 aromatic rings. The second-order valence-corrected chi connectivity index (χ2v) is 6.07. The van der Waals surface area contributed by atoms with E-state index < -0.39 is 12.8 Å². The maximum Gasteiger partial charge on any atom is 0.422 e. The smallest absolute Gasteiger partial charge is 0.422 e. The van der Waals surface area contributed by atoms with Gasteiger partial charge in [-0.3, -0.25) is 4.79 Å². The topological polar surface area (TPSA) is 63.2 Å². The van der Waals surface area contributed by atoms with E-state index >= 15 is 0 Å². The Kier molecular flexibility index (Phi) is 5.92. The SMILES string of the molecule is Cl.O=C(NC1CC2CCC(C1)N2)c1ccc(OCC(F)(F)F)nc1. The molecule has 9 heteroatoms. The van der Waals surface area contributed by atoms with Gasteiger partial charge in [0, 0.05) is 30.4 Å². The van der Waals surface area contributed by atoms with E-state index in [-0.39, 0.29) is 30.2 Å². The van der Waals surface area contributed by atoms with Crippen LogP contribution in [-0.4, -0.2) is 41.8 Å². The summed E-state index contributed by atoms with van der Waals surface area (Å²) in [5.74, 6) is -0.412. The molecule has 3 heterocycles. The molecular formula is C15H19ClF3N3O2. The van der Waals surface area contributed by atoms with E-state index in [9.17, 15) is 18.0 Å². The number of pyridine rings is 1. The minimum atomic E-state index is -4.41. The molecule has 3 rings (SSSR count). The molecule has 134 valence electrons. The Bertz CT molecular complexity index is 556. The predicted molar refractivity (Wildman–Crippen MR) is 83.5 cm³/mol. The third kappa shape index (κ3) is 4.98. The van der Waals surface area contributed by atoms with Crippen molar-refractivity contribution in [1.29, 1.82) is 0 Å². The van der Waals surface area contributed by atoms with Crippen LogP contribution in [0.4, 0.5) is 13.2 Å². The quantitative estimate of drug-likeness (QED) is 0.860. The summed E-state index contributed by atoms with van der Waals surface area (Å²) in [4.78, 5) is 15.9. The van der Waals surface area contributed by atoms with Crippen molar-refractivity contribution in [1.82, 2.24) is 15.6 Å². The fraction of sp³-hybridized carbons (Fsp3) is 0.600. The fourth-order valence-corrected chi connectivity index (χ4v) is 3.20. The predicted octanol–water partition coefficient (Wildman–Crippen LogP) is 2.46. The molecule has 2 N–H and O–H groups in total. The van der Waals surface area contributed by atoms with E-state index in [2.05, 4.69) is 20.4 Å². The van der Waals surface area contributed by atoms with Crippen LogP contribution < -0.4 is 15.4 Å². The van der Waals surface area contributed by atoms with Crippen molar-refractivity contribution in [3.63, 3.8) is 0 Å². The summed E-state index contributed by atoms with van der Waals surface area (Å²) < 4.78 is 40.7. The summed E-state index contributed by atoms with van der Waals surface area (Å²) >= 11 is 0. The van der Waals surface area contributed by atoms with Gasteiger partial charge in [0.15, 0.2) is 6.61 Å². The molecule has 24 heavy (non-hydrogen) atoms. The minimum absolute atomic E-state index is 0. The molecule has 0 aliphatic carbocycles. The third-order valence-corrected chi connectivity index (χ3v) is 4.19. The van der Waals surface area contributed by atoms with Crippen LogP contribution in [0.5, 0.6) is 5.88 Å². The van der Waals surface area contributed by atoms with Gasteiger partial charge < -0.3 is 15.4 Å². The maximum atomic E-state index is 12.2. The zero-order valence-corrected chi connectivity index (χ0v) is 13.6. The lowest BCUT2D eigenvalue weighted by atomic mass is 9.99. The highest BCUT2D eigenvalue weighted by atomic mass is 35.5. The molecule has 0 spiro atoms. The summed E-state index contributed by atoms with van der Waals surface area (Å²) in [5, 5.41) is 6.47. The second kappa shape index (κ2) is 7.57. The number of ether oxygens (including phenoxy) is 1. The molecule has 0 aromatic carbocycles. The van der Waals surface area contributed by atoms with Gasteiger partial charge in [-0.2, -0.15) is 13.2 Å². The average Bonchev–Trinajstić information content (AvgIpc) is 2.84. The van der Waals surface area contributed by atoms with Gasteiger partial charge in [-0.1, -0.05) is 0 Å². The molecule has 1 aromatic heterocycles. The highest BCUT2D eigenvalue weighted by Gasteiger charge is 2.34. The fourth-order valence-electron chi connectivity index (χ4n) is 3.20. The molecule has 2 aliphatic heterocycles. The minimum Gasteiger partial charge on any atom is -0.468 e. The number of amides is 1. The van der Waals surface area contributed by atoms with Crippen LogP contribution in [0.1, 0.15) is 36.0 Å². The number of carbonyl (C=O) groups excluding carboxylic acids is 1. The van der Waals surface area contributed by atoms with Crippen LogP contribution in [0, 0.1) is 0 Å². The van der Waals surface area contributed by atoms with Gasteiger partial charge in [0.25, 0.3) is 5.91 Å². The van der Waals surface area contributed by atoms with Crippen molar-refractivity contribution in [2.75, 3.05) is 6.61 Å². The standard InChI is InChI=1S/C15H18F3N3O2.ClH/c16-15(17,18)8-23-13-4-1-9(7-19-13)14(22)21-12-5-10-2-3-11(6-12)20-10;/h1,4,7,10-12,20H,2-3,5-6,8H2,(H,21,22);1H. The molecule has 5 nitrogen and oxygen atoms in total. The number of rotatable bonds is 4. The molecule has 2 aliphatic rings. The van der Waals surface area contributed by atoms with Crippen LogP contribution in [0.2, 0.25) is 0 Å². The van der Waals surface area contributed by atoms with Gasteiger partial charge in [0.05, 0.1) is 5.56 Å². The second-order valence-electron chi connectivity index (χ2n) is 6.07. The van der Waals surface area contributed by atoms with Gasteiger partial charge in [-0.25, -0.2) is 4.98 Å². The maximum absolute atomic E-state index is 12.2. The number of carbonyl (C=O) groups is 1.